The normalized spacial score (nSPS) is 18.9. The van der Waals surface area contributed by atoms with Gasteiger partial charge in [0.25, 0.3) is 0 Å². The van der Waals surface area contributed by atoms with E-state index in [1.165, 1.54) is 0 Å². The van der Waals surface area contributed by atoms with E-state index in [1.807, 2.05) is 25.7 Å². The maximum Gasteiger partial charge on any atom is 0.240 e. The quantitative estimate of drug-likeness (QED) is 0.908. The summed E-state index contributed by atoms with van der Waals surface area (Å²) in [5.41, 5.74) is 0.652. The largest absolute Gasteiger partial charge is 0.347 e. The van der Waals surface area contributed by atoms with Gasteiger partial charge in [0.1, 0.15) is 0 Å². The molecule has 0 radical (unpaired) electrons. The molecule has 2 rings (SSSR count). The second kappa shape index (κ2) is 6.70. The predicted molar refractivity (Wildman–Crippen MR) is 87.1 cm³/mol. The van der Waals surface area contributed by atoms with E-state index in [2.05, 4.69) is 10.5 Å². The molecule has 0 saturated carbocycles. The third-order valence-corrected chi connectivity index (χ3v) is 3.98. The zero-order chi connectivity index (χ0) is 17.2. The molecule has 0 aromatic carbocycles. The molecule has 7 nitrogen and oxygen atoms in total. The lowest BCUT2D eigenvalue weighted by atomic mass is 9.92. The van der Waals surface area contributed by atoms with Gasteiger partial charge in [-0.15, -0.1) is 0 Å². The van der Waals surface area contributed by atoms with Crippen molar-refractivity contribution in [3.05, 3.63) is 11.8 Å². The van der Waals surface area contributed by atoms with Gasteiger partial charge < -0.3 is 9.42 Å². The second-order valence-electron chi connectivity index (χ2n) is 7.24. The van der Waals surface area contributed by atoms with E-state index in [-0.39, 0.29) is 29.8 Å². The molecule has 1 aromatic heterocycles. The van der Waals surface area contributed by atoms with Crippen molar-refractivity contribution in [3.8, 4) is 0 Å². The highest BCUT2D eigenvalue weighted by atomic mass is 16.5. The number of hydrogen-bond acceptors (Lipinski definition) is 5. The summed E-state index contributed by atoms with van der Waals surface area (Å²) in [7, 11) is 3.48. The van der Waals surface area contributed by atoms with Crippen LogP contribution in [0.15, 0.2) is 10.6 Å². The first-order valence-electron chi connectivity index (χ1n) is 7.91. The zero-order valence-electron chi connectivity index (χ0n) is 14.5. The molecule has 1 N–H and O–H groups in total. The van der Waals surface area contributed by atoms with Gasteiger partial charge in [-0.25, -0.2) is 0 Å². The first-order chi connectivity index (χ1) is 10.7. The van der Waals surface area contributed by atoms with Gasteiger partial charge in [0, 0.05) is 25.6 Å². The van der Waals surface area contributed by atoms with E-state index < -0.39 is 0 Å². The molecule has 1 fully saturated rings. The Morgan fingerprint density at radius 1 is 1.43 bits per heavy atom. The van der Waals surface area contributed by atoms with Gasteiger partial charge in [-0.2, -0.15) is 0 Å². The van der Waals surface area contributed by atoms with Gasteiger partial charge >= 0.3 is 0 Å². The van der Waals surface area contributed by atoms with Crippen LogP contribution in [0.5, 0.6) is 0 Å². The average molecular weight is 322 g/mol. The van der Waals surface area contributed by atoms with Crippen molar-refractivity contribution in [3.63, 3.8) is 0 Å². The molecule has 1 saturated heterocycles. The monoisotopic (exact) mass is 322 g/mol. The number of likely N-dealkylation sites (N-methyl/N-ethyl adjacent to an activating group) is 1. The summed E-state index contributed by atoms with van der Waals surface area (Å²) in [4.78, 5) is 27.8. The van der Waals surface area contributed by atoms with Gasteiger partial charge in [0.05, 0.1) is 18.3 Å². The molecule has 2 amide bonds. The summed E-state index contributed by atoms with van der Waals surface area (Å²) in [5.74, 6) is 0.194. The molecule has 128 valence electrons. The zero-order valence-corrected chi connectivity index (χ0v) is 14.5. The first-order valence-corrected chi connectivity index (χ1v) is 7.91. The smallest absolute Gasteiger partial charge is 0.240 e. The average Bonchev–Trinajstić information content (AvgIpc) is 3.06. The lowest BCUT2D eigenvalue weighted by Crippen LogP contribution is -2.45. The van der Waals surface area contributed by atoms with Crippen molar-refractivity contribution in [2.24, 2.45) is 0 Å². The molecule has 1 aliphatic heterocycles. The Bertz CT molecular complexity index is 574. The molecule has 0 bridgehead atoms. The number of likely N-dealkylation sites (tertiary alicyclic amines) is 1. The number of nitrogens with zero attached hydrogens (tertiary/aromatic N) is 3. The van der Waals surface area contributed by atoms with Crippen molar-refractivity contribution < 1.29 is 14.1 Å². The van der Waals surface area contributed by atoms with Crippen LogP contribution in [0.25, 0.3) is 0 Å². The third-order valence-electron chi connectivity index (χ3n) is 3.98. The van der Waals surface area contributed by atoms with Crippen molar-refractivity contribution in [2.75, 3.05) is 32.5 Å². The second-order valence-corrected chi connectivity index (χ2v) is 7.24. The Morgan fingerprint density at radius 3 is 2.70 bits per heavy atom. The maximum atomic E-state index is 12.2. The number of nitrogens with one attached hydrogen (secondary N) is 1. The SMILES string of the molecule is CN(C)C(=O)[C@H]1CCCN1CC(=O)Nc1cc(C(C)(C)C)no1. The van der Waals surface area contributed by atoms with Crippen LogP contribution in [0.1, 0.15) is 39.3 Å². The van der Waals surface area contributed by atoms with Crippen LogP contribution < -0.4 is 5.32 Å². The Kier molecular flexibility index (Phi) is 5.09. The number of rotatable bonds is 4. The molecular weight excluding hydrogens is 296 g/mol. The summed E-state index contributed by atoms with van der Waals surface area (Å²) in [6.45, 7) is 7.01. The number of carbonyl (C=O) groups excluding carboxylic acids is 2. The number of hydrogen-bond donors (Lipinski definition) is 1. The van der Waals surface area contributed by atoms with Gasteiger partial charge in [-0.1, -0.05) is 25.9 Å². The molecule has 1 atom stereocenters. The topological polar surface area (TPSA) is 78.7 Å². The van der Waals surface area contributed by atoms with Crippen LogP contribution in [-0.2, 0) is 15.0 Å². The van der Waals surface area contributed by atoms with Crippen molar-refractivity contribution >= 4 is 17.7 Å². The molecular formula is C16H26N4O3. The summed E-state index contributed by atoms with van der Waals surface area (Å²) < 4.78 is 5.16. The molecule has 23 heavy (non-hydrogen) atoms. The van der Waals surface area contributed by atoms with Gasteiger partial charge in [0.15, 0.2) is 0 Å². The minimum atomic E-state index is -0.212. The molecule has 1 aliphatic rings. The van der Waals surface area contributed by atoms with E-state index in [0.717, 1.165) is 25.1 Å². The van der Waals surface area contributed by atoms with E-state index >= 15 is 0 Å². The Hall–Kier alpha value is -1.89. The van der Waals surface area contributed by atoms with Crippen molar-refractivity contribution in [1.29, 1.82) is 0 Å². The number of anilines is 1. The minimum Gasteiger partial charge on any atom is -0.347 e. The molecule has 2 heterocycles. The Balaban J connectivity index is 1.94. The van der Waals surface area contributed by atoms with Crippen molar-refractivity contribution in [2.45, 2.75) is 45.1 Å². The van der Waals surface area contributed by atoms with E-state index in [4.69, 9.17) is 4.52 Å². The fourth-order valence-corrected chi connectivity index (χ4v) is 2.64. The summed E-state index contributed by atoms with van der Waals surface area (Å²) >= 11 is 0. The van der Waals surface area contributed by atoms with Crippen LogP contribution in [0.4, 0.5) is 5.88 Å². The van der Waals surface area contributed by atoms with Gasteiger partial charge in [0.2, 0.25) is 17.7 Å². The number of aromatic nitrogens is 1. The van der Waals surface area contributed by atoms with Gasteiger partial charge in [-0.05, 0) is 19.4 Å². The van der Waals surface area contributed by atoms with E-state index in [0.29, 0.717) is 5.88 Å². The van der Waals surface area contributed by atoms with Gasteiger partial charge in [-0.3, -0.25) is 19.8 Å². The Labute approximate surface area is 137 Å². The van der Waals surface area contributed by atoms with Crippen molar-refractivity contribution in [1.82, 2.24) is 15.0 Å². The van der Waals surface area contributed by atoms with Crippen LogP contribution >= 0.6 is 0 Å². The van der Waals surface area contributed by atoms with E-state index in [9.17, 15) is 9.59 Å². The molecule has 0 aliphatic carbocycles. The highest BCUT2D eigenvalue weighted by Crippen LogP contribution is 2.24. The summed E-state index contributed by atoms with van der Waals surface area (Å²) in [5, 5.41) is 6.69. The fourth-order valence-electron chi connectivity index (χ4n) is 2.64. The summed E-state index contributed by atoms with van der Waals surface area (Å²) in [6.07, 6.45) is 1.72. The summed E-state index contributed by atoms with van der Waals surface area (Å²) in [6, 6.07) is 1.53. The number of carbonyl (C=O) groups is 2. The fraction of sp³-hybridized carbons (Fsp3) is 0.688. The Morgan fingerprint density at radius 2 is 2.13 bits per heavy atom. The molecule has 7 heteroatoms. The molecule has 0 spiro atoms. The lowest BCUT2D eigenvalue weighted by molar-refractivity contribution is -0.133. The van der Waals surface area contributed by atoms with Crippen LogP contribution in [0.3, 0.4) is 0 Å². The van der Waals surface area contributed by atoms with Crippen LogP contribution in [0, 0.1) is 0 Å². The van der Waals surface area contributed by atoms with E-state index in [1.54, 1.807) is 25.1 Å². The van der Waals surface area contributed by atoms with Crippen LogP contribution in [-0.4, -0.2) is 60.0 Å². The number of amides is 2. The predicted octanol–water partition coefficient (Wildman–Crippen LogP) is 1.46. The maximum absolute atomic E-state index is 12.2. The lowest BCUT2D eigenvalue weighted by Gasteiger charge is -2.25. The minimum absolute atomic E-state index is 0.0463. The molecule has 0 unspecified atom stereocenters. The third kappa shape index (κ3) is 4.31. The standard InChI is InChI=1S/C16H26N4O3/c1-16(2,3)12-9-14(23-18-12)17-13(21)10-20-8-6-7-11(20)15(22)19(4)5/h9,11H,6-8,10H2,1-5H3,(H,17,21)/t11-/m1/s1. The first kappa shape index (κ1) is 17.5. The molecule has 1 aromatic rings. The van der Waals surface area contributed by atoms with Crippen LogP contribution in [0.2, 0.25) is 0 Å². The highest BCUT2D eigenvalue weighted by Gasteiger charge is 2.33. The highest BCUT2D eigenvalue weighted by molar-refractivity contribution is 5.91.